The summed E-state index contributed by atoms with van der Waals surface area (Å²) in [5.41, 5.74) is 0.873. The number of rotatable bonds is 7. The first-order valence-corrected chi connectivity index (χ1v) is 10.8. The van der Waals surface area contributed by atoms with Crippen molar-refractivity contribution < 1.29 is 9.59 Å². The summed E-state index contributed by atoms with van der Waals surface area (Å²) in [5, 5.41) is 20.4. The number of hydrogen-bond donors (Lipinski definition) is 1. The molecule has 3 rings (SSSR count). The van der Waals surface area contributed by atoms with Crippen molar-refractivity contribution in [1.29, 1.82) is 5.26 Å². The van der Waals surface area contributed by atoms with Crippen LogP contribution in [-0.2, 0) is 9.59 Å². The Bertz CT molecular complexity index is 938. The SMILES string of the molecule is CCC(=O)N(c1nnc(S[C@H](C)C(=O)Nc2ccc(C#N)c(Cl)c2)s1)C1CC1. The zero-order chi connectivity index (χ0) is 20.3. The minimum atomic E-state index is -0.425. The average molecular weight is 436 g/mol. The van der Waals surface area contributed by atoms with Crippen LogP contribution in [0.25, 0.3) is 0 Å². The van der Waals surface area contributed by atoms with E-state index in [0.717, 1.165) is 12.8 Å². The maximum atomic E-state index is 12.4. The van der Waals surface area contributed by atoms with E-state index >= 15 is 0 Å². The van der Waals surface area contributed by atoms with Gasteiger partial charge in [0.15, 0.2) is 4.34 Å². The Morgan fingerprint density at radius 2 is 2.21 bits per heavy atom. The molecule has 28 heavy (non-hydrogen) atoms. The molecule has 1 atom stereocenters. The molecule has 0 bridgehead atoms. The van der Waals surface area contributed by atoms with Crippen LogP contribution in [0.2, 0.25) is 5.02 Å². The normalized spacial score (nSPS) is 14.2. The second-order valence-electron chi connectivity index (χ2n) is 6.25. The molecule has 7 nitrogen and oxygen atoms in total. The molecule has 0 radical (unpaired) electrons. The number of carbonyl (C=O) groups excluding carboxylic acids is 2. The number of nitriles is 1. The molecule has 0 saturated heterocycles. The van der Waals surface area contributed by atoms with Gasteiger partial charge in [-0.05, 0) is 38.0 Å². The molecule has 0 spiro atoms. The highest BCUT2D eigenvalue weighted by molar-refractivity contribution is 8.02. The van der Waals surface area contributed by atoms with E-state index in [1.165, 1.54) is 23.1 Å². The van der Waals surface area contributed by atoms with Gasteiger partial charge < -0.3 is 5.32 Å². The molecule has 1 saturated carbocycles. The number of aromatic nitrogens is 2. The maximum Gasteiger partial charge on any atom is 0.237 e. The minimum absolute atomic E-state index is 0.0405. The Morgan fingerprint density at radius 1 is 1.46 bits per heavy atom. The fourth-order valence-electron chi connectivity index (χ4n) is 2.45. The molecule has 0 unspecified atom stereocenters. The Labute approximate surface area is 176 Å². The Kier molecular flexibility index (Phi) is 6.54. The summed E-state index contributed by atoms with van der Waals surface area (Å²) < 4.78 is 0.630. The van der Waals surface area contributed by atoms with Gasteiger partial charge in [0.1, 0.15) is 6.07 Å². The van der Waals surface area contributed by atoms with Crippen LogP contribution >= 0.6 is 34.7 Å². The van der Waals surface area contributed by atoms with Gasteiger partial charge in [0.25, 0.3) is 0 Å². The first kappa shape index (κ1) is 20.6. The van der Waals surface area contributed by atoms with E-state index in [9.17, 15) is 9.59 Å². The third kappa shape index (κ3) is 4.82. The first-order chi connectivity index (χ1) is 13.4. The van der Waals surface area contributed by atoms with E-state index in [1.807, 2.05) is 13.0 Å². The van der Waals surface area contributed by atoms with E-state index in [1.54, 1.807) is 30.0 Å². The van der Waals surface area contributed by atoms with E-state index in [4.69, 9.17) is 16.9 Å². The summed E-state index contributed by atoms with van der Waals surface area (Å²) in [6.45, 7) is 3.60. The topological polar surface area (TPSA) is 99.0 Å². The van der Waals surface area contributed by atoms with Gasteiger partial charge in [-0.3, -0.25) is 14.5 Å². The third-order valence-electron chi connectivity index (χ3n) is 4.09. The molecule has 1 fully saturated rings. The highest BCUT2D eigenvalue weighted by Gasteiger charge is 2.35. The molecule has 1 heterocycles. The fraction of sp³-hybridized carbons (Fsp3) is 0.389. The van der Waals surface area contributed by atoms with Gasteiger partial charge in [-0.15, -0.1) is 10.2 Å². The van der Waals surface area contributed by atoms with Gasteiger partial charge in [0, 0.05) is 18.2 Å². The van der Waals surface area contributed by atoms with Crippen molar-refractivity contribution in [3.05, 3.63) is 28.8 Å². The number of thioether (sulfide) groups is 1. The lowest BCUT2D eigenvalue weighted by Crippen LogP contribution is -2.32. The van der Waals surface area contributed by atoms with Crippen molar-refractivity contribution in [1.82, 2.24) is 10.2 Å². The van der Waals surface area contributed by atoms with Crippen LogP contribution in [0.1, 0.15) is 38.7 Å². The van der Waals surface area contributed by atoms with Gasteiger partial charge in [0.05, 0.1) is 15.8 Å². The average Bonchev–Trinajstić information content (AvgIpc) is 3.40. The number of nitrogens with zero attached hydrogens (tertiary/aromatic N) is 4. The van der Waals surface area contributed by atoms with Crippen LogP contribution in [-0.4, -0.2) is 33.3 Å². The monoisotopic (exact) mass is 435 g/mol. The molecule has 10 heteroatoms. The molecule has 1 aliphatic rings. The molecule has 0 aliphatic heterocycles. The van der Waals surface area contributed by atoms with Crippen LogP contribution in [0, 0.1) is 11.3 Å². The second kappa shape index (κ2) is 8.90. The van der Waals surface area contributed by atoms with Gasteiger partial charge in [-0.1, -0.05) is 41.6 Å². The largest absolute Gasteiger partial charge is 0.325 e. The number of anilines is 2. The minimum Gasteiger partial charge on any atom is -0.325 e. The van der Waals surface area contributed by atoms with Gasteiger partial charge in [0.2, 0.25) is 16.9 Å². The number of carbonyl (C=O) groups is 2. The molecule has 1 N–H and O–H groups in total. The summed E-state index contributed by atoms with van der Waals surface area (Å²) >= 11 is 8.60. The lowest BCUT2D eigenvalue weighted by atomic mass is 10.2. The highest BCUT2D eigenvalue weighted by atomic mass is 35.5. The second-order valence-corrected chi connectivity index (χ2v) is 9.21. The number of hydrogen-bond acceptors (Lipinski definition) is 7. The summed E-state index contributed by atoms with van der Waals surface area (Å²) in [4.78, 5) is 26.3. The zero-order valence-electron chi connectivity index (χ0n) is 15.3. The van der Waals surface area contributed by atoms with Crippen LogP contribution in [0.15, 0.2) is 22.5 Å². The lowest BCUT2D eigenvalue weighted by Gasteiger charge is -2.17. The molecule has 1 aromatic carbocycles. The lowest BCUT2D eigenvalue weighted by molar-refractivity contribution is -0.118. The number of nitrogens with one attached hydrogen (secondary N) is 1. The quantitative estimate of drug-likeness (QED) is 0.519. The fourth-order valence-corrected chi connectivity index (χ4v) is 4.75. The number of halogens is 1. The standard InChI is InChI=1S/C18H18ClN5O2S2/c1-3-15(25)24(13-6-7-13)17-22-23-18(28-17)27-10(2)16(26)21-12-5-4-11(9-20)14(19)8-12/h4-5,8,10,13H,3,6-7H2,1-2H3,(H,21,26)/t10-/m1/s1. The predicted molar refractivity (Wildman–Crippen MR) is 111 cm³/mol. The molecule has 2 aromatic rings. The van der Waals surface area contributed by atoms with E-state index in [2.05, 4.69) is 15.5 Å². The van der Waals surface area contributed by atoms with Crippen molar-refractivity contribution in [3.63, 3.8) is 0 Å². The summed E-state index contributed by atoms with van der Waals surface area (Å²) in [5.74, 6) is -0.176. The van der Waals surface area contributed by atoms with Crippen LogP contribution < -0.4 is 10.2 Å². The molecule has 146 valence electrons. The summed E-state index contributed by atoms with van der Waals surface area (Å²) in [6, 6.07) is 6.93. The van der Waals surface area contributed by atoms with Crippen molar-refractivity contribution in [3.8, 4) is 6.07 Å². The van der Waals surface area contributed by atoms with Crippen LogP contribution in [0.3, 0.4) is 0 Å². The molecule has 1 aliphatic carbocycles. The summed E-state index contributed by atoms with van der Waals surface area (Å²) in [7, 11) is 0. The van der Waals surface area contributed by atoms with E-state index in [-0.39, 0.29) is 22.9 Å². The zero-order valence-corrected chi connectivity index (χ0v) is 17.7. The maximum absolute atomic E-state index is 12.4. The number of amides is 2. The Hall–Kier alpha value is -2.15. The van der Waals surface area contributed by atoms with Crippen LogP contribution in [0.4, 0.5) is 10.8 Å². The molecular weight excluding hydrogens is 418 g/mol. The Balaban J connectivity index is 1.63. The first-order valence-electron chi connectivity index (χ1n) is 8.75. The Morgan fingerprint density at radius 3 is 2.82 bits per heavy atom. The molecular formula is C18H18ClN5O2S2. The van der Waals surface area contributed by atoms with Gasteiger partial charge in [-0.25, -0.2) is 0 Å². The highest BCUT2D eigenvalue weighted by Crippen LogP contribution is 2.37. The molecule has 1 aromatic heterocycles. The predicted octanol–water partition coefficient (Wildman–Crippen LogP) is 4.09. The van der Waals surface area contributed by atoms with Gasteiger partial charge in [-0.2, -0.15) is 5.26 Å². The number of benzene rings is 1. The van der Waals surface area contributed by atoms with Crippen molar-refractivity contribution in [2.45, 2.75) is 48.7 Å². The molecule has 2 amide bonds. The summed E-state index contributed by atoms with van der Waals surface area (Å²) in [6.07, 6.45) is 2.39. The van der Waals surface area contributed by atoms with E-state index < -0.39 is 5.25 Å². The third-order valence-corrected chi connectivity index (χ3v) is 6.51. The van der Waals surface area contributed by atoms with Crippen molar-refractivity contribution in [2.24, 2.45) is 0 Å². The smallest absolute Gasteiger partial charge is 0.237 e. The van der Waals surface area contributed by atoms with Crippen molar-refractivity contribution >= 4 is 57.3 Å². The van der Waals surface area contributed by atoms with Crippen LogP contribution in [0.5, 0.6) is 0 Å². The van der Waals surface area contributed by atoms with E-state index in [0.29, 0.717) is 27.1 Å². The van der Waals surface area contributed by atoms with Gasteiger partial charge >= 0.3 is 0 Å². The van der Waals surface area contributed by atoms with Crippen molar-refractivity contribution in [2.75, 3.05) is 10.2 Å².